The van der Waals surface area contributed by atoms with E-state index in [1.165, 1.54) is 18.4 Å². The zero-order valence-corrected chi connectivity index (χ0v) is 8.61. The van der Waals surface area contributed by atoms with Crippen LogP contribution in [0.1, 0.15) is 24.8 Å². The summed E-state index contributed by atoms with van der Waals surface area (Å²) in [6, 6.07) is 0.821. The molecule has 0 bridgehead atoms. The normalized spacial score (nSPS) is 16.6. The van der Waals surface area contributed by atoms with Crippen LogP contribution in [0.3, 0.4) is 0 Å². The minimum absolute atomic E-state index is 0.821. The zero-order chi connectivity index (χ0) is 9.80. The summed E-state index contributed by atoms with van der Waals surface area (Å²) in [5.41, 5.74) is 1.18. The Labute approximate surface area is 84.8 Å². The molecule has 3 heteroatoms. The largest absolute Gasteiger partial charge is 0.314 e. The van der Waals surface area contributed by atoms with E-state index in [4.69, 9.17) is 0 Å². The van der Waals surface area contributed by atoms with Crippen LogP contribution < -0.4 is 5.32 Å². The van der Waals surface area contributed by atoms with Crippen LogP contribution in [0, 0.1) is 0 Å². The molecule has 0 amide bonds. The first-order chi connectivity index (χ1) is 6.84. The number of rotatable bonds is 5. The third kappa shape index (κ3) is 3.00. The van der Waals surface area contributed by atoms with Gasteiger partial charge in [-0.05, 0) is 25.8 Å². The van der Waals surface area contributed by atoms with Crippen molar-refractivity contribution in [1.82, 2.24) is 15.1 Å². The Morgan fingerprint density at radius 3 is 3.14 bits per heavy atom. The SMILES string of the molecule is Cn1cc(C=CCCNC2CC2)cn1. The lowest BCUT2D eigenvalue weighted by Gasteiger charge is -1.96. The molecule has 1 N–H and O–H groups in total. The number of nitrogens with one attached hydrogen (secondary N) is 1. The van der Waals surface area contributed by atoms with Gasteiger partial charge in [-0.2, -0.15) is 5.10 Å². The highest BCUT2D eigenvalue weighted by Gasteiger charge is 2.19. The molecule has 1 heterocycles. The lowest BCUT2D eigenvalue weighted by atomic mass is 10.3. The van der Waals surface area contributed by atoms with Gasteiger partial charge in [0, 0.05) is 24.8 Å². The van der Waals surface area contributed by atoms with E-state index in [-0.39, 0.29) is 0 Å². The Kier molecular flexibility index (Phi) is 2.99. The molecule has 0 radical (unpaired) electrons. The Balaban J connectivity index is 1.65. The van der Waals surface area contributed by atoms with Gasteiger partial charge in [-0.15, -0.1) is 0 Å². The lowest BCUT2D eigenvalue weighted by molar-refractivity contribution is 0.691. The van der Waals surface area contributed by atoms with Crippen molar-refractivity contribution >= 4 is 6.08 Å². The smallest absolute Gasteiger partial charge is 0.0562 e. The molecule has 0 saturated heterocycles. The third-order valence-electron chi connectivity index (χ3n) is 2.36. The van der Waals surface area contributed by atoms with Crippen LogP contribution in [0.5, 0.6) is 0 Å². The summed E-state index contributed by atoms with van der Waals surface area (Å²) < 4.78 is 1.82. The van der Waals surface area contributed by atoms with E-state index in [0.29, 0.717) is 0 Å². The summed E-state index contributed by atoms with van der Waals surface area (Å²) in [4.78, 5) is 0. The van der Waals surface area contributed by atoms with Gasteiger partial charge in [0.1, 0.15) is 0 Å². The first-order valence-electron chi connectivity index (χ1n) is 5.23. The van der Waals surface area contributed by atoms with E-state index in [1.807, 2.05) is 24.1 Å². The van der Waals surface area contributed by atoms with Gasteiger partial charge >= 0.3 is 0 Å². The van der Waals surface area contributed by atoms with Gasteiger partial charge < -0.3 is 5.32 Å². The fourth-order valence-corrected chi connectivity index (χ4v) is 1.40. The van der Waals surface area contributed by atoms with Gasteiger partial charge in [0.25, 0.3) is 0 Å². The monoisotopic (exact) mass is 191 g/mol. The van der Waals surface area contributed by atoms with Crippen molar-refractivity contribution in [3.8, 4) is 0 Å². The van der Waals surface area contributed by atoms with Crippen molar-refractivity contribution in [2.75, 3.05) is 6.54 Å². The Morgan fingerprint density at radius 2 is 2.50 bits per heavy atom. The van der Waals surface area contributed by atoms with Crippen LogP contribution in [0.4, 0.5) is 0 Å². The molecule has 1 saturated carbocycles. The Bertz CT molecular complexity index is 310. The molecule has 1 aromatic rings. The molecule has 3 nitrogen and oxygen atoms in total. The molecule has 76 valence electrons. The lowest BCUT2D eigenvalue weighted by Crippen LogP contribution is -2.16. The first-order valence-corrected chi connectivity index (χ1v) is 5.23. The van der Waals surface area contributed by atoms with E-state index < -0.39 is 0 Å². The van der Waals surface area contributed by atoms with Crippen molar-refractivity contribution in [3.05, 3.63) is 24.0 Å². The molecular formula is C11H17N3. The van der Waals surface area contributed by atoms with Gasteiger partial charge in [0.05, 0.1) is 6.20 Å². The summed E-state index contributed by atoms with van der Waals surface area (Å²) in [5, 5.41) is 7.58. The quantitative estimate of drug-likeness (QED) is 0.716. The summed E-state index contributed by atoms with van der Waals surface area (Å²) >= 11 is 0. The first kappa shape index (κ1) is 9.46. The van der Waals surface area contributed by atoms with Gasteiger partial charge in [0.2, 0.25) is 0 Å². The molecule has 0 aliphatic heterocycles. The summed E-state index contributed by atoms with van der Waals surface area (Å²) in [6.45, 7) is 1.10. The Hall–Kier alpha value is -1.09. The standard InChI is InChI=1S/C11H17N3/c1-14-9-10(8-13-14)4-2-3-7-12-11-5-6-11/h2,4,8-9,11-12H,3,5-7H2,1H3. The molecule has 0 atom stereocenters. The van der Waals surface area contributed by atoms with Crippen LogP contribution in [0.25, 0.3) is 6.08 Å². The van der Waals surface area contributed by atoms with Crippen molar-refractivity contribution in [1.29, 1.82) is 0 Å². The molecule has 14 heavy (non-hydrogen) atoms. The Morgan fingerprint density at radius 1 is 1.64 bits per heavy atom. The predicted molar refractivity (Wildman–Crippen MR) is 57.9 cm³/mol. The zero-order valence-electron chi connectivity index (χ0n) is 8.61. The average Bonchev–Trinajstić information content (AvgIpc) is 2.89. The second-order valence-electron chi connectivity index (χ2n) is 3.87. The van der Waals surface area contributed by atoms with Gasteiger partial charge in [-0.25, -0.2) is 0 Å². The molecule has 0 unspecified atom stereocenters. The molecule has 1 aromatic heterocycles. The third-order valence-corrected chi connectivity index (χ3v) is 2.36. The van der Waals surface area contributed by atoms with Gasteiger partial charge in [0.15, 0.2) is 0 Å². The van der Waals surface area contributed by atoms with Crippen LogP contribution >= 0.6 is 0 Å². The maximum absolute atomic E-state index is 4.10. The van der Waals surface area contributed by atoms with E-state index in [9.17, 15) is 0 Å². The number of hydrogen-bond acceptors (Lipinski definition) is 2. The maximum atomic E-state index is 4.10. The molecular weight excluding hydrogens is 174 g/mol. The second-order valence-corrected chi connectivity index (χ2v) is 3.87. The van der Waals surface area contributed by atoms with Crippen molar-refractivity contribution in [3.63, 3.8) is 0 Å². The molecule has 2 rings (SSSR count). The van der Waals surface area contributed by atoms with E-state index in [1.54, 1.807) is 0 Å². The van der Waals surface area contributed by atoms with Crippen LogP contribution in [-0.2, 0) is 7.05 Å². The number of aryl methyl sites for hydroxylation is 1. The van der Waals surface area contributed by atoms with Gasteiger partial charge in [-0.3, -0.25) is 4.68 Å². The minimum atomic E-state index is 0.821. The number of hydrogen-bond donors (Lipinski definition) is 1. The maximum Gasteiger partial charge on any atom is 0.0562 e. The molecule has 0 spiro atoms. The molecule has 1 aliphatic carbocycles. The highest BCUT2D eigenvalue weighted by Crippen LogP contribution is 2.18. The fourth-order valence-electron chi connectivity index (χ4n) is 1.40. The van der Waals surface area contributed by atoms with Crippen molar-refractivity contribution in [2.45, 2.75) is 25.3 Å². The number of nitrogens with zero attached hydrogens (tertiary/aromatic N) is 2. The summed E-state index contributed by atoms with van der Waals surface area (Å²) in [6.07, 6.45) is 12.1. The number of aromatic nitrogens is 2. The summed E-state index contributed by atoms with van der Waals surface area (Å²) in [7, 11) is 1.94. The van der Waals surface area contributed by atoms with E-state index in [0.717, 1.165) is 19.0 Å². The fraction of sp³-hybridized carbons (Fsp3) is 0.545. The van der Waals surface area contributed by atoms with Crippen molar-refractivity contribution < 1.29 is 0 Å². The predicted octanol–water partition coefficient (Wildman–Crippen LogP) is 1.58. The van der Waals surface area contributed by atoms with Crippen LogP contribution in [-0.4, -0.2) is 22.4 Å². The molecule has 0 aromatic carbocycles. The van der Waals surface area contributed by atoms with Gasteiger partial charge in [-0.1, -0.05) is 12.2 Å². The highest BCUT2D eigenvalue weighted by atomic mass is 15.2. The van der Waals surface area contributed by atoms with Crippen LogP contribution in [0.2, 0.25) is 0 Å². The second kappa shape index (κ2) is 4.42. The van der Waals surface area contributed by atoms with E-state index in [2.05, 4.69) is 22.6 Å². The average molecular weight is 191 g/mol. The minimum Gasteiger partial charge on any atom is -0.314 e. The van der Waals surface area contributed by atoms with Crippen LogP contribution in [0.15, 0.2) is 18.5 Å². The summed E-state index contributed by atoms with van der Waals surface area (Å²) in [5.74, 6) is 0. The molecule has 1 fully saturated rings. The molecule has 1 aliphatic rings. The van der Waals surface area contributed by atoms with E-state index >= 15 is 0 Å². The topological polar surface area (TPSA) is 29.9 Å². The van der Waals surface area contributed by atoms with Crippen molar-refractivity contribution in [2.24, 2.45) is 7.05 Å². The highest BCUT2D eigenvalue weighted by molar-refractivity contribution is 5.46.